The van der Waals surface area contributed by atoms with E-state index < -0.39 is 0 Å². The third-order valence-electron chi connectivity index (χ3n) is 6.58. The van der Waals surface area contributed by atoms with Crippen LogP contribution in [0.1, 0.15) is 38.2 Å². The molecule has 1 N–H and O–H groups in total. The van der Waals surface area contributed by atoms with E-state index in [4.69, 9.17) is 0 Å². The third-order valence-corrected chi connectivity index (χ3v) is 6.58. The van der Waals surface area contributed by atoms with Crippen LogP contribution >= 0.6 is 0 Å². The van der Waals surface area contributed by atoms with Crippen molar-refractivity contribution in [3.63, 3.8) is 0 Å². The van der Waals surface area contributed by atoms with Crippen LogP contribution in [-0.2, 0) is 11.2 Å². The Kier molecular flexibility index (Phi) is 2.38. The lowest BCUT2D eigenvalue weighted by Crippen LogP contribution is -2.67. The summed E-state index contributed by atoms with van der Waals surface area (Å²) in [5.74, 6) is 0.572. The van der Waals surface area contributed by atoms with E-state index in [0.717, 1.165) is 48.7 Å². The summed E-state index contributed by atoms with van der Waals surface area (Å²) in [6.45, 7) is 2.99. The number of hydrogen-bond acceptors (Lipinski definition) is 2. The van der Waals surface area contributed by atoms with Crippen LogP contribution in [0.3, 0.4) is 0 Å². The summed E-state index contributed by atoms with van der Waals surface area (Å²) in [4.78, 5) is 15.0. The fourth-order valence-corrected chi connectivity index (χ4v) is 5.35. The van der Waals surface area contributed by atoms with Gasteiger partial charge in [-0.05, 0) is 42.0 Å². The maximum absolute atomic E-state index is 13.1. The molecule has 2 bridgehead atoms. The Morgan fingerprint density at radius 3 is 2.61 bits per heavy atom. The van der Waals surface area contributed by atoms with Crippen LogP contribution in [0.5, 0.6) is 5.75 Å². The highest BCUT2D eigenvalue weighted by molar-refractivity contribution is 6.05. The van der Waals surface area contributed by atoms with Crippen molar-refractivity contribution >= 4 is 22.4 Å². The maximum atomic E-state index is 13.1. The molecule has 1 aliphatic heterocycles. The summed E-state index contributed by atoms with van der Waals surface area (Å²) in [6, 6.07) is 9.73. The van der Waals surface area contributed by atoms with Gasteiger partial charge in [0, 0.05) is 18.0 Å². The van der Waals surface area contributed by atoms with Gasteiger partial charge in [-0.25, -0.2) is 0 Å². The van der Waals surface area contributed by atoms with E-state index in [2.05, 4.69) is 13.0 Å². The van der Waals surface area contributed by atoms with Gasteiger partial charge in [-0.15, -0.1) is 0 Å². The lowest BCUT2D eigenvalue weighted by atomic mass is 9.34. The minimum atomic E-state index is -0.0844. The molecule has 0 saturated heterocycles. The van der Waals surface area contributed by atoms with Crippen LogP contribution in [0.15, 0.2) is 30.3 Å². The van der Waals surface area contributed by atoms with E-state index in [-0.39, 0.29) is 11.2 Å². The quantitative estimate of drug-likeness (QED) is 0.910. The van der Waals surface area contributed by atoms with E-state index in [1.807, 2.05) is 23.1 Å². The number of hydrogen-bond donors (Lipinski definition) is 1. The Labute approximate surface area is 135 Å². The molecule has 2 aromatic rings. The van der Waals surface area contributed by atoms with Gasteiger partial charge in [0.05, 0.1) is 11.1 Å². The fourth-order valence-electron chi connectivity index (χ4n) is 5.35. The summed E-state index contributed by atoms with van der Waals surface area (Å²) >= 11 is 0. The molecule has 3 aliphatic carbocycles. The number of aromatic hydroxyl groups is 1. The van der Waals surface area contributed by atoms with Gasteiger partial charge in [-0.3, -0.25) is 4.79 Å². The molecule has 3 heteroatoms. The number of rotatable bonds is 2. The molecule has 2 aromatic carbocycles. The van der Waals surface area contributed by atoms with Gasteiger partial charge in [-0.2, -0.15) is 0 Å². The average Bonchev–Trinajstić information content (AvgIpc) is 2.89. The topological polar surface area (TPSA) is 40.5 Å². The second-order valence-electron chi connectivity index (χ2n) is 7.81. The summed E-state index contributed by atoms with van der Waals surface area (Å²) in [6.07, 6.45) is 5.29. The number of carbonyl (C=O) groups excluding carboxylic acids is 1. The fraction of sp³-hybridized carbons (Fsp3) is 0.450. The smallest absolute Gasteiger partial charge is 0.233 e. The van der Waals surface area contributed by atoms with Crippen LogP contribution in [0.2, 0.25) is 0 Å². The van der Waals surface area contributed by atoms with Gasteiger partial charge in [0.2, 0.25) is 5.91 Å². The van der Waals surface area contributed by atoms with Gasteiger partial charge in [0.1, 0.15) is 5.75 Å². The monoisotopic (exact) mass is 307 g/mol. The molecule has 4 aliphatic rings. The van der Waals surface area contributed by atoms with Gasteiger partial charge in [-0.1, -0.05) is 37.6 Å². The molecular weight excluding hydrogens is 286 g/mol. The van der Waals surface area contributed by atoms with Gasteiger partial charge < -0.3 is 10.0 Å². The zero-order chi connectivity index (χ0) is 15.8. The van der Waals surface area contributed by atoms with Crippen molar-refractivity contribution in [2.45, 2.75) is 39.0 Å². The van der Waals surface area contributed by atoms with Crippen LogP contribution in [-0.4, -0.2) is 17.6 Å². The van der Waals surface area contributed by atoms with E-state index in [9.17, 15) is 9.90 Å². The summed E-state index contributed by atoms with van der Waals surface area (Å²) in [7, 11) is 0. The van der Waals surface area contributed by atoms with Crippen molar-refractivity contribution in [3.05, 3.63) is 35.9 Å². The standard InChI is InChI=1S/C20H21NO2/c1-2-19-10-20(11-19,12-19)18(23)21-8-7-14-13-5-3-4-6-15(13)17(22)9-16(14)21/h3-6,9,22H,2,7-8,10-12H2,1H3. The second-order valence-corrected chi connectivity index (χ2v) is 7.81. The van der Waals surface area contributed by atoms with E-state index in [0.29, 0.717) is 11.3 Å². The Morgan fingerprint density at radius 2 is 1.91 bits per heavy atom. The Balaban J connectivity index is 1.54. The first kappa shape index (κ1) is 13.4. The summed E-state index contributed by atoms with van der Waals surface area (Å²) in [5, 5.41) is 12.3. The highest BCUT2D eigenvalue weighted by atomic mass is 16.3. The number of benzene rings is 2. The first-order valence-corrected chi connectivity index (χ1v) is 8.63. The molecule has 6 rings (SSSR count). The van der Waals surface area contributed by atoms with Crippen LogP contribution < -0.4 is 4.90 Å². The Morgan fingerprint density at radius 1 is 1.22 bits per heavy atom. The molecule has 1 heterocycles. The minimum absolute atomic E-state index is 0.0844. The zero-order valence-corrected chi connectivity index (χ0v) is 13.4. The molecule has 3 nitrogen and oxygen atoms in total. The first-order chi connectivity index (χ1) is 11.1. The molecule has 3 fully saturated rings. The number of phenolic OH excluding ortho intramolecular Hbond substituents is 1. The van der Waals surface area contributed by atoms with E-state index in [1.54, 1.807) is 6.07 Å². The Bertz CT molecular complexity index is 834. The van der Waals surface area contributed by atoms with Crippen molar-refractivity contribution in [1.29, 1.82) is 0 Å². The molecule has 0 aromatic heterocycles. The predicted octanol–water partition coefficient (Wildman–Crippen LogP) is 4.01. The highest BCUT2D eigenvalue weighted by Gasteiger charge is 2.71. The summed E-state index contributed by atoms with van der Waals surface area (Å²) < 4.78 is 0. The van der Waals surface area contributed by atoms with E-state index >= 15 is 0 Å². The van der Waals surface area contributed by atoms with Crippen molar-refractivity contribution in [1.82, 2.24) is 0 Å². The number of phenols is 1. The summed E-state index contributed by atoms with van der Waals surface area (Å²) in [5.41, 5.74) is 2.54. The first-order valence-electron chi connectivity index (χ1n) is 8.63. The van der Waals surface area contributed by atoms with Crippen molar-refractivity contribution in [2.75, 3.05) is 11.4 Å². The second kappa shape index (κ2) is 4.08. The largest absolute Gasteiger partial charge is 0.507 e. The Hall–Kier alpha value is -2.03. The number of fused-ring (bicyclic) bond motifs is 3. The average molecular weight is 307 g/mol. The number of carbonyl (C=O) groups is 1. The van der Waals surface area contributed by atoms with Crippen molar-refractivity contribution in [2.24, 2.45) is 10.8 Å². The highest BCUT2D eigenvalue weighted by Crippen LogP contribution is 2.75. The lowest BCUT2D eigenvalue weighted by molar-refractivity contribution is -0.205. The SMILES string of the molecule is CCC12CC(C(=O)N3CCc4c3cc(O)c3ccccc43)(C1)C2. The number of amides is 1. The normalized spacial score (nSPS) is 30.7. The van der Waals surface area contributed by atoms with Gasteiger partial charge in [0.25, 0.3) is 0 Å². The van der Waals surface area contributed by atoms with Crippen LogP contribution in [0.4, 0.5) is 5.69 Å². The van der Waals surface area contributed by atoms with E-state index in [1.165, 1.54) is 12.0 Å². The van der Waals surface area contributed by atoms with Gasteiger partial charge in [0.15, 0.2) is 0 Å². The minimum Gasteiger partial charge on any atom is -0.507 e. The van der Waals surface area contributed by atoms with Crippen molar-refractivity contribution < 1.29 is 9.90 Å². The molecule has 1 amide bonds. The molecule has 3 saturated carbocycles. The van der Waals surface area contributed by atoms with Crippen molar-refractivity contribution in [3.8, 4) is 5.75 Å². The zero-order valence-electron chi connectivity index (χ0n) is 13.4. The van der Waals surface area contributed by atoms with Gasteiger partial charge >= 0.3 is 0 Å². The molecule has 0 spiro atoms. The number of nitrogens with zero attached hydrogens (tertiary/aromatic N) is 1. The number of anilines is 1. The van der Waals surface area contributed by atoms with Crippen LogP contribution in [0, 0.1) is 10.8 Å². The molecule has 0 radical (unpaired) electrons. The maximum Gasteiger partial charge on any atom is 0.233 e. The predicted molar refractivity (Wildman–Crippen MR) is 90.7 cm³/mol. The molecule has 0 atom stereocenters. The molecular formula is C20H21NO2. The molecule has 23 heavy (non-hydrogen) atoms. The third kappa shape index (κ3) is 1.53. The molecule has 118 valence electrons. The molecule has 0 unspecified atom stereocenters. The van der Waals surface area contributed by atoms with Crippen LogP contribution in [0.25, 0.3) is 10.8 Å². The lowest BCUT2D eigenvalue weighted by Gasteiger charge is -2.70.